The molecule has 4 aromatic heterocycles. The molecule has 0 saturated carbocycles. The van der Waals surface area contributed by atoms with E-state index in [1.165, 1.54) is 11.3 Å². The maximum absolute atomic E-state index is 13.5. The second kappa shape index (κ2) is 15.8. The molecule has 2 saturated heterocycles. The summed E-state index contributed by atoms with van der Waals surface area (Å²) in [5.74, 6) is -0.598. The van der Waals surface area contributed by atoms with Crippen LogP contribution >= 0.6 is 11.3 Å². The van der Waals surface area contributed by atoms with Gasteiger partial charge in [0.15, 0.2) is 5.13 Å². The fraction of sp³-hybridized carbons (Fsp3) is 0.205. The minimum atomic E-state index is -0.352. The van der Waals surface area contributed by atoms with Crippen LogP contribution in [0.2, 0.25) is 0 Å². The highest BCUT2D eigenvalue weighted by molar-refractivity contribution is 7.17. The molecule has 14 nitrogen and oxygen atoms in total. The normalized spacial score (nSPS) is 14.4. The molecule has 6 aromatic rings. The molecule has 2 amide bonds. The molecule has 15 heteroatoms. The van der Waals surface area contributed by atoms with Crippen molar-refractivity contribution in [3.05, 3.63) is 108 Å². The topological polar surface area (TPSA) is 179 Å². The molecule has 0 unspecified atom stereocenters. The van der Waals surface area contributed by atoms with Gasteiger partial charge in [0.25, 0.3) is 11.8 Å². The molecule has 2 aromatic carbocycles. The lowest BCUT2D eigenvalue weighted by atomic mass is 10.1. The van der Waals surface area contributed by atoms with Crippen molar-refractivity contribution in [1.29, 1.82) is 0 Å². The van der Waals surface area contributed by atoms with E-state index in [9.17, 15) is 9.59 Å². The number of amides is 2. The Hall–Kier alpha value is -6.29. The van der Waals surface area contributed by atoms with Gasteiger partial charge in [0.05, 0.1) is 70.9 Å². The zero-order valence-electron chi connectivity index (χ0n) is 29.3. The lowest BCUT2D eigenvalue weighted by Gasteiger charge is -2.29. The van der Waals surface area contributed by atoms with Crippen LogP contribution in [0.1, 0.15) is 20.2 Å². The van der Waals surface area contributed by atoms with Crippen molar-refractivity contribution in [3.63, 3.8) is 0 Å². The van der Waals surface area contributed by atoms with Crippen molar-refractivity contribution in [2.24, 2.45) is 0 Å². The average molecular weight is 742 g/mol. The molecular formula is C39H39N11O3S. The molecule has 2 fully saturated rings. The minimum absolute atomic E-state index is 0.246. The number of nitrogen functional groups attached to an aromatic ring is 1. The number of piperazine rings is 2. The van der Waals surface area contributed by atoms with Crippen LogP contribution in [0.3, 0.4) is 0 Å². The Morgan fingerprint density at radius 3 is 2.19 bits per heavy atom. The molecule has 7 N–H and O–H groups in total. The zero-order chi connectivity index (χ0) is 36.9. The molecule has 0 bridgehead atoms. The molecular weight excluding hydrogens is 703 g/mol. The number of pyridine rings is 2. The van der Waals surface area contributed by atoms with Crippen molar-refractivity contribution in [3.8, 4) is 22.4 Å². The third-order valence-corrected chi connectivity index (χ3v) is 10.4. The lowest BCUT2D eigenvalue weighted by Crippen LogP contribution is -2.43. The van der Waals surface area contributed by atoms with Crippen molar-refractivity contribution < 1.29 is 14.0 Å². The summed E-state index contributed by atoms with van der Waals surface area (Å²) in [4.78, 5) is 45.2. The first-order valence-corrected chi connectivity index (χ1v) is 18.5. The summed E-state index contributed by atoms with van der Waals surface area (Å²) in [5, 5.41) is 16.9. The maximum Gasteiger partial charge on any atom is 0.274 e. The van der Waals surface area contributed by atoms with Gasteiger partial charge in [-0.1, -0.05) is 23.5 Å². The van der Waals surface area contributed by atoms with Crippen molar-refractivity contribution in [1.82, 2.24) is 25.6 Å². The SMILES string of the molecule is Nc1ccc(-c2ccc(Nc3ccc(-c4ccoc4)cc3NC(=O)c3cnc(N4CCNCC4)s3)cn2)cc1NC(=O)c1ccc(N2CCNCC2)cn1. The number of anilines is 7. The number of carbonyl (C=O) groups excluding carboxylic acids is 2. The highest BCUT2D eigenvalue weighted by Gasteiger charge is 2.19. The Morgan fingerprint density at radius 1 is 0.704 bits per heavy atom. The van der Waals surface area contributed by atoms with E-state index in [0.717, 1.165) is 79.9 Å². The average Bonchev–Trinajstić information content (AvgIpc) is 3.95. The van der Waals surface area contributed by atoms with E-state index in [-0.39, 0.29) is 11.8 Å². The summed E-state index contributed by atoms with van der Waals surface area (Å²) in [5.41, 5.74) is 13.7. The number of thiazole rings is 1. The van der Waals surface area contributed by atoms with Gasteiger partial charge in [-0.25, -0.2) is 9.97 Å². The number of carbonyl (C=O) groups is 2. The standard InChI is InChI=1S/C39H39N11O3S/c40-30-5-1-26(20-34(30)47-37(51)33-8-4-29(22-44-33)49-14-10-41-11-15-49)31-7-3-28(21-43-31)46-32-6-2-25(27-9-18-53-24-27)19-35(32)48-38(52)36-23-45-39(54-36)50-16-12-42-13-17-50/h1-9,18-24,41-42,46H,10-17,40H2,(H,47,51)(H,48,52). The second-order valence-corrected chi connectivity index (χ2v) is 13.9. The van der Waals surface area contributed by atoms with Crippen LogP contribution in [0, 0.1) is 0 Å². The number of hydrogen-bond donors (Lipinski definition) is 6. The van der Waals surface area contributed by atoms with Gasteiger partial charge in [-0.15, -0.1) is 0 Å². The molecule has 274 valence electrons. The van der Waals surface area contributed by atoms with Gasteiger partial charge >= 0.3 is 0 Å². The quantitative estimate of drug-likeness (QED) is 0.0972. The summed E-state index contributed by atoms with van der Waals surface area (Å²) in [7, 11) is 0. The maximum atomic E-state index is 13.5. The number of nitrogens with zero attached hydrogens (tertiary/aromatic N) is 5. The molecule has 6 heterocycles. The first kappa shape index (κ1) is 34.8. The van der Waals surface area contributed by atoms with Crippen LogP contribution in [0.4, 0.5) is 39.3 Å². The van der Waals surface area contributed by atoms with Crippen molar-refractivity contribution >= 4 is 62.4 Å². The Kier molecular flexibility index (Phi) is 10.1. The van der Waals surface area contributed by atoms with Crippen molar-refractivity contribution in [2.45, 2.75) is 0 Å². The lowest BCUT2D eigenvalue weighted by molar-refractivity contribution is 0.101. The molecule has 2 aliphatic rings. The number of nitrogens with one attached hydrogen (secondary N) is 5. The minimum Gasteiger partial charge on any atom is -0.472 e. The Balaban J connectivity index is 0.968. The molecule has 0 radical (unpaired) electrons. The van der Waals surface area contributed by atoms with E-state index in [2.05, 4.69) is 46.4 Å². The summed E-state index contributed by atoms with van der Waals surface area (Å²) < 4.78 is 5.31. The second-order valence-electron chi connectivity index (χ2n) is 12.9. The number of rotatable bonds is 10. The van der Waals surface area contributed by atoms with Gasteiger partial charge < -0.3 is 46.5 Å². The summed E-state index contributed by atoms with van der Waals surface area (Å²) in [6.45, 7) is 7.10. The monoisotopic (exact) mass is 741 g/mol. The van der Waals surface area contributed by atoms with Crippen molar-refractivity contribution in [2.75, 3.05) is 83.8 Å². The first-order valence-electron chi connectivity index (χ1n) is 17.7. The third kappa shape index (κ3) is 7.88. The van der Waals surface area contributed by atoms with E-state index in [1.807, 2.05) is 48.5 Å². The molecule has 8 rings (SSSR count). The summed E-state index contributed by atoms with van der Waals surface area (Å²) in [6, 6.07) is 20.5. The number of furan rings is 1. The van der Waals surface area contributed by atoms with Gasteiger partial charge in [0, 0.05) is 63.5 Å². The van der Waals surface area contributed by atoms with Gasteiger partial charge in [-0.05, 0) is 60.2 Å². The van der Waals surface area contributed by atoms with Crippen LogP contribution < -0.4 is 42.1 Å². The van der Waals surface area contributed by atoms with Crippen LogP contribution in [0.25, 0.3) is 22.4 Å². The van der Waals surface area contributed by atoms with E-state index < -0.39 is 0 Å². The fourth-order valence-electron chi connectivity index (χ4n) is 6.36. The van der Waals surface area contributed by atoms with Gasteiger partial charge in [0.1, 0.15) is 10.6 Å². The van der Waals surface area contributed by atoms with Crippen LogP contribution in [0.15, 0.2) is 102 Å². The largest absolute Gasteiger partial charge is 0.472 e. The van der Waals surface area contributed by atoms with E-state index >= 15 is 0 Å². The molecule has 0 aliphatic carbocycles. The van der Waals surface area contributed by atoms with Crippen LogP contribution in [-0.2, 0) is 0 Å². The molecule has 54 heavy (non-hydrogen) atoms. The Bertz CT molecular complexity index is 2230. The fourth-order valence-corrected chi connectivity index (χ4v) is 7.22. The third-order valence-electron chi connectivity index (χ3n) is 9.33. The van der Waals surface area contributed by atoms with Crippen LogP contribution in [0.5, 0.6) is 0 Å². The molecule has 2 aliphatic heterocycles. The highest BCUT2D eigenvalue weighted by Crippen LogP contribution is 2.34. The van der Waals surface area contributed by atoms with Gasteiger partial charge in [0.2, 0.25) is 0 Å². The zero-order valence-corrected chi connectivity index (χ0v) is 30.2. The van der Waals surface area contributed by atoms with Gasteiger partial charge in [-0.2, -0.15) is 0 Å². The first-order chi connectivity index (χ1) is 26.5. The van der Waals surface area contributed by atoms with E-state index in [1.54, 1.807) is 49.3 Å². The molecule has 0 spiro atoms. The predicted molar refractivity (Wildman–Crippen MR) is 214 cm³/mol. The summed E-state index contributed by atoms with van der Waals surface area (Å²) in [6.07, 6.45) is 8.35. The van der Waals surface area contributed by atoms with Gasteiger partial charge in [-0.3, -0.25) is 14.6 Å². The smallest absolute Gasteiger partial charge is 0.274 e. The number of benzene rings is 2. The highest BCUT2D eigenvalue weighted by atomic mass is 32.1. The predicted octanol–water partition coefficient (Wildman–Crippen LogP) is 5.51. The van der Waals surface area contributed by atoms with E-state index in [4.69, 9.17) is 15.1 Å². The molecule has 0 atom stereocenters. The number of hydrogen-bond acceptors (Lipinski definition) is 13. The van der Waals surface area contributed by atoms with Crippen LogP contribution in [-0.4, -0.2) is 79.1 Å². The summed E-state index contributed by atoms with van der Waals surface area (Å²) >= 11 is 1.38. The van der Waals surface area contributed by atoms with E-state index in [0.29, 0.717) is 44.7 Å². The Labute approximate surface area is 315 Å². The number of aromatic nitrogens is 3. The Morgan fingerprint density at radius 2 is 1.46 bits per heavy atom. The number of nitrogens with two attached hydrogens (primary N) is 1.